The van der Waals surface area contributed by atoms with Crippen molar-refractivity contribution < 1.29 is 13.7 Å². The van der Waals surface area contributed by atoms with Crippen LogP contribution in [-0.2, 0) is 11.2 Å². The van der Waals surface area contributed by atoms with Gasteiger partial charge in [0.2, 0.25) is 17.6 Å². The average molecular weight is 379 g/mol. The van der Waals surface area contributed by atoms with Crippen LogP contribution in [0.1, 0.15) is 18.6 Å². The Bertz CT molecular complexity index is 939. The fraction of sp³-hybridized carbons (Fsp3) is 0.300. The van der Waals surface area contributed by atoms with Crippen LogP contribution in [0.2, 0.25) is 0 Å². The summed E-state index contributed by atoms with van der Waals surface area (Å²) in [5.74, 6) is 2.70. The highest BCUT2D eigenvalue weighted by Gasteiger charge is 2.20. The van der Waals surface area contributed by atoms with E-state index in [4.69, 9.17) is 8.94 Å². The number of nitrogens with zero attached hydrogens (tertiary/aromatic N) is 5. The maximum atomic E-state index is 12.3. The molecule has 144 valence electrons. The number of furan rings is 1. The molecule has 0 aromatic carbocycles. The molecule has 0 bridgehead atoms. The minimum absolute atomic E-state index is 0.0109. The number of anilines is 1. The molecule has 1 saturated heterocycles. The Labute approximate surface area is 162 Å². The maximum Gasteiger partial charge on any atom is 0.246 e. The van der Waals surface area contributed by atoms with Crippen LogP contribution >= 0.6 is 0 Å². The molecule has 8 nitrogen and oxygen atoms in total. The highest BCUT2D eigenvalue weighted by Crippen LogP contribution is 2.20. The van der Waals surface area contributed by atoms with Crippen molar-refractivity contribution >= 4 is 17.8 Å². The molecule has 3 aromatic heterocycles. The number of pyridine rings is 1. The molecule has 1 fully saturated rings. The lowest BCUT2D eigenvalue weighted by Crippen LogP contribution is -2.48. The van der Waals surface area contributed by atoms with E-state index < -0.39 is 0 Å². The summed E-state index contributed by atoms with van der Waals surface area (Å²) in [7, 11) is 0. The van der Waals surface area contributed by atoms with Gasteiger partial charge >= 0.3 is 0 Å². The fourth-order valence-corrected chi connectivity index (χ4v) is 3.02. The van der Waals surface area contributed by atoms with Crippen LogP contribution in [0.4, 0.5) is 5.82 Å². The van der Waals surface area contributed by atoms with Crippen LogP contribution in [0.15, 0.2) is 51.7 Å². The summed E-state index contributed by atoms with van der Waals surface area (Å²) in [4.78, 5) is 25.1. The highest BCUT2D eigenvalue weighted by atomic mass is 16.5. The van der Waals surface area contributed by atoms with Gasteiger partial charge in [-0.15, -0.1) is 0 Å². The summed E-state index contributed by atoms with van der Waals surface area (Å²) >= 11 is 0. The molecule has 4 rings (SSSR count). The summed E-state index contributed by atoms with van der Waals surface area (Å²) in [5, 5.41) is 3.97. The molecule has 28 heavy (non-hydrogen) atoms. The van der Waals surface area contributed by atoms with Crippen LogP contribution in [0.5, 0.6) is 0 Å². The van der Waals surface area contributed by atoms with Crippen LogP contribution in [0, 0.1) is 0 Å². The second-order valence-corrected chi connectivity index (χ2v) is 6.43. The molecule has 0 saturated carbocycles. The van der Waals surface area contributed by atoms with Crippen molar-refractivity contribution in [3.63, 3.8) is 0 Å². The first-order valence-corrected chi connectivity index (χ1v) is 9.27. The number of carbonyl (C=O) groups is 1. The Kier molecular flexibility index (Phi) is 5.18. The van der Waals surface area contributed by atoms with Crippen LogP contribution in [0.25, 0.3) is 17.5 Å². The molecule has 8 heteroatoms. The Morgan fingerprint density at radius 2 is 2.07 bits per heavy atom. The van der Waals surface area contributed by atoms with E-state index in [0.717, 1.165) is 24.5 Å². The van der Waals surface area contributed by atoms with Gasteiger partial charge in [0.1, 0.15) is 11.6 Å². The number of aryl methyl sites for hydroxylation is 1. The fourth-order valence-electron chi connectivity index (χ4n) is 3.02. The van der Waals surface area contributed by atoms with Crippen LogP contribution in [0.3, 0.4) is 0 Å². The van der Waals surface area contributed by atoms with Crippen LogP contribution < -0.4 is 4.90 Å². The molecule has 1 amide bonds. The molecule has 3 aromatic rings. The van der Waals surface area contributed by atoms with Crippen molar-refractivity contribution in [1.29, 1.82) is 0 Å². The summed E-state index contributed by atoms with van der Waals surface area (Å²) in [5.41, 5.74) is 0.823. The topological polar surface area (TPSA) is 88.5 Å². The van der Waals surface area contributed by atoms with Gasteiger partial charge in [-0.2, -0.15) is 4.98 Å². The molecule has 0 radical (unpaired) electrons. The number of piperazine rings is 1. The Morgan fingerprint density at radius 1 is 1.21 bits per heavy atom. The van der Waals surface area contributed by atoms with Crippen LogP contribution in [-0.4, -0.2) is 52.1 Å². The maximum absolute atomic E-state index is 12.3. The van der Waals surface area contributed by atoms with Crippen molar-refractivity contribution in [3.8, 4) is 11.4 Å². The van der Waals surface area contributed by atoms with E-state index >= 15 is 0 Å². The third-order valence-corrected chi connectivity index (χ3v) is 4.63. The number of rotatable bonds is 5. The second kappa shape index (κ2) is 8.08. The Balaban J connectivity index is 1.34. The monoisotopic (exact) mass is 379 g/mol. The van der Waals surface area contributed by atoms with Crippen molar-refractivity contribution in [2.24, 2.45) is 0 Å². The first-order chi connectivity index (χ1) is 13.7. The van der Waals surface area contributed by atoms with E-state index in [1.807, 2.05) is 30.0 Å². The van der Waals surface area contributed by atoms with Gasteiger partial charge in [0.25, 0.3) is 0 Å². The molecule has 0 unspecified atom stereocenters. The molecule has 0 N–H and O–H groups in total. The predicted octanol–water partition coefficient (Wildman–Crippen LogP) is 2.65. The lowest BCUT2D eigenvalue weighted by atomic mass is 10.2. The molecule has 4 heterocycles. The zero-order valence-corrected chi connectivity index (χ0v) is 15.6. The predicted molar refractivity (Wildman–Crippen MR) is 103 cm³/mol. The summed E-state index contributed by atoms with van der Waals surface area (Å²) in [6, 6.07) is 7.50. The van der Waals surface area contributed by atoms with Crippen molar-refractivity contribution in [1.82, 2.24) is 20.0 Å². The molecule has 1 aliphatic rings. The Morgan fingerprint density at radius 3 is 2.71 bits per heavy atom. The Hall–Kier alpha value is -3.42. The van der Waals surface area contributed by atoms with Gasteiger partial charge in [-0.05, 0) is 30.3 Å². The minimum atomic E-state index is -0.0109. The minimum Gasteiger partial charge on any atom is -0.465 e. The van der Waals surface area contributed by atoms with Gasteiger partial charge in [-0.1, -0.05) is 12.1 Å². The van der Waals surface area contributed by atoms with E-state index in [-0.39, 0.29) is 5.91 Å². The number of hydrogen-bond donors (Lipinski definition) is 0. The van der Waals surface area contributed by atoms with Crippen molar-refractivity contribution in [2.45, 2.75) is 13.3 Å². The lowest BCUT2D eigenvalue weighted by molar-refractivity contribution is -0.126. The second-order valence-electron chi connectivity index (χ2n) is 6.43. The summed E-state index contributed by atoms with van der Waals surface area (Å²) in [6.45, 7) is 4.73. The average Bonchev–Trinajstić information content (AvgIpc) is 3.44. The zero-order chi connectivity index (χ0) is 19.3. The lowest BCUT2D eigenvalue weighted by Gasteiger charge is -2.35. The highest BCUT2D eigenvalue weighted by molar-refractivity contribution is 5.91. The quantitative estimate of drug-likeness (QED) is 0.630. The van der Waals surface area contributed by atoms with Gasteiger partial charge in [0.05, 0.1) is 6.26 Å². The normalized spacial score (nSPS) is 14.8. The van der Waals surface area contributed by atoms with Gasteiger partial charge < -0.3 is 18.7 Å². The van der Waals surface area contributed by atoms with Gasteiger partial charge in [0, 0.05) is 50.4 Å². The first kappa shape index (κ1) is 18.0. The zero-order valence-electron chi connectivity index (χ0n) is 15.6. The van der Waals surface area contributed by atoms with E-state index in [1.54, 1.807) is 30.7 Å². The molecule has 0 aliphatic carbocycles. The van der Waals surface area contributed by atoms with Crippen molar-refractivity contribution in [3.05, 3.63) is 54.5 Å². The van der Waals surface area contributed by atoms with Gasteiger partial charge in [-0.25, -0.2) is 4.98 Å². The number of aromatic nitrogens is 3. The van der Waals surface area contributed by atoms with E-state index in [1.165, 1.54) is 0 Å². The molecule has 1 aliphatic heterocycles. The number of hydrogen-bond acceptors (Lipinski definition) is 7. The van der Waals surface area contributed by atoms with Crippen molar-refractivity contribution in [2.75, 3.05) is 31.1 Å². The number of amides is 1. The third-order valence-electron chi connectivity index (χ3n) is 4.63. The summed E-state index contributed by atoms with van der Waals surface area (Å²) < 4.78 is 10.4. The molecular formula is C20H21N5O3. The van der Waals surface area contributed by atoms with Gasteiger partial charge in [-0.3, -0.25) is 4.79 Å². The van der Waals surface area contributed by atoms with E-state index in [9.17, 15) is 4.79 Å². The molecule has 0 atom stereocenters. The SMILES string of the molecule is CCc1nc(-c2ccc(N3CCN(C(=O)C=Cc4ccco4)CC3)nc2)no1. The van der Waals surface area contributed by atoms with Gasteiger partial charge in [0.15, 0.2) is 0 Å². The standard InChI is InChI=1S/C20H21N5O3/c1-2-18-22-20(23-28-18)15-5-7-17(21-14-15)24-9-11-25(12-10-24)19(26)8-6-16-4-3-13-27-16/h3-8,13-14H,2,9-12H2,1H3. The van der Waals surface area contributed by atoms with E-state index in [0.29, 0.717) is 37.0 Å². The molecule has 0 spiro atoms. The number of carbonyl (C=O) groups excluding carboxylic acids is 1. The summed E-state index contributed by atoms with van der Waals surface area (Å²) in [6.07, 6.45) is 7.29. The molecular weight excluding hydrogens is 358 g/mol. The van der Waals surface area contributed by atoms with E-state index in [2.05, 4.69) is 20.0 Å². The smallest absolute Gasteiger partial charge is 0.246 e. The third kappa shape index (κ3) is 3.95. The largest absolute Gasteiger partial charge is 0.465 e. The first-order valence-electron chi connectivity index (χ1n) is 9.27.